The van der Waals surface area contributed by atoms with E-state index in [4.69, 9.17) is 4.74 Å². The van der Waals surface area contributed by atoms with Gasteiger partial charge in [0.05, 0.1) is 13.2 Å². The highest BCUT2D eigenvalue weighted by Gasteiger charge is 2.13. The lowest BCUT2D eigenvalue weighted by Gasteiger charge is -2.16. The molecule has 1 atom stereocenters. The van der Waals surface area contributed by atoms with Gasteiger partial charge in [-0.25, -0.2) is 4.98 Å². The summed E-state index contributed by atoms with van der Waals surface area (Å²) in [6.45, 7) is 2.18. The lowest BCUT2D eigenvalue weighted by atomic mass is 10.1. The van der Waals surface area contributed by atoms with Crippen LogP contribution in [-0.2, 0) is 0 Å². The highest BCUT2D eigenvalue weighted by molar-refractivity contribution is 7.10. The van der Waals surface area contributed by atoms with Crippen molar-refractivity contribution in [2.24, 2.45) is 0 Å². The van der Waals surface area contributed by atoms with Crippen LogP contribution in [0.1, 0.15) is 30.7 Å². The van der Waals surface area contributed by atoms with Gasteiger partial charge in [-0.2, -0.15) is 4.98 Å². The number of hydrogen-bond acceptors (Lipinski definition) is 5. The van der Waals surface area contributed by atoms with Crippen LogP contribution in [0.5, 0.6) is 5.88 Å². The predicted molar refractivity (Wildman–Crippen MR) is 74.2 cm³/mol. The van der Waals surface area contributed by atoms with Gasteiger partial charge in [0.1, 0.15) is 0 Å². The van der Waals surface area contributed by atoms with Crippen molar-refractivity contribution >= 4 is 17.3 Å². The number of methoxy groups -OCH3 is 1. The summed E-state index contributed by atoms with van der Waals surface area (Å²) >= 11 is 1.75. The molecule has 0 radical (unpaired) electrons. The molecular formula is C13H17N3OS. The number of rotatable bonds is 6. The monoisotopic (exact) mass is 263 g/mol. The molecule has 0 amide bonds. The fourth-order valence-electron chi connectivity index (χ4n) is 1.74. The molecule has 5 heteroatoms. The van der Waals surface area contributed by atoms with Gasteiger partial charge >= 0.3 is 0 Å². The maximum Gasteiger partial charge on any atom is 0.226 e. The minimum Gasteiger partial charge on any atom is -0.481 e. The van der Waals surface area contributed by atoms with Gasteiger partial charge in [0.25, 0.3) is 0 Å². The second-order valence-corrected chi connectivity index (χ2v) is 4.90. The van der Waals surface area contributed by atoms with Crippen LogP contribution >= 0.6 is 11.3 Å². The number of ether oxygens (including phenoxy) is 1. The Morgan fingerprint density at radius 2 is 2.33 bits per heavy atom. The highest BCUT2D eigenvalue weighted by atomic mass is 32.1. The van der Waals surface area contributed by atoms with E-state index < -0.39 is 0 Å². The molecule has 2 aromatic heterocycles. The Kier molecular flexibility index (Phi) is 4.52. The molecule has 0 aliphatic rings. The minimum absolute atomic E-state index is 0.266. The van der Waals surface area contributed by atoms with E-state index in [0.29, 0.717) is 11.8 Å². The van der Waals surface area contributed by atoms with E-state index in [1.54, 1.807) is 30.7 Å². The van der Waals surface area contributed by atoms with Gasteiger partial charge in [-0.3, -0.25) is 0 Å². The first kappa shape index (κ1) is 12.8. The molecule has 0 aliphatic heterocycles. The summed E-state index contributed by atoms with van der Waals surface area (Å²) in [5.74, 6) is 1.19. The molecule has 0 spiro atoms. The molecule has 2 rings (SSSR count). The number of anilines is 1. The zero-order chi connectivity index (χ0) is 12.8. The third-order valence-corrected chi connectivity index (χ3v) is 3.59. The van der Waals surface area contributed by atoms with Crippen LogP contribution in [0.2, 0.25) is 0 Å². The molecule has 1 N–H and O–H groups in total. The zero-order valence-electron chi connectivity index (χ0n) is 10.6. The molecule has 0 saturated heterocycles. The van der Waals surface area contributed by atoms with E-state index in [2.05, 4.69) is 39.7 Å². The Hall–Kier alpha value is -1.62. The van der Waals surface area contributed by atoms with Crippen molar-refractivity contribution in [3.63, 3.8) is 0 Å². The molecule has 2 heterocycles. The molecule has 18 heavy (non-hydrogen) atoms. The second kappa shape index (κ2) is 6.35. The summed E-state index contributed by atoms with van der Waals surface area (Å²) in [5.41, 5.74) is 0. The van der Waals surface area contributed by atoms with Crippen molar-refractivity contribution in [3.05, 3.63) is 34.7 Å². The van der Waals surface area contributed by atoms with Crippen molar-refractivity contribution in [1.82, 2.24) is 9.97 Å². The topological polar surface area (TPSA) is 47.0 Å². The lowest BCUT2D eigenvalue weighted by molar-refractivity contribution is 0.397. The fourth-order valence-corrected chi connectivity index (χ4v) is 2.56. The Bertz CT molecular complexity index is 473. The van der Waals surface area contributed by atoms with Crippen molar-refractivity contribution in [3.8, 4) is 5.88 Å². The minimum atomic E-state index is 0.266. The first-order chi connectivity index (χ1) is 8.83. The van der Waals surface area contributed by atoms with E-state index >= 15 is 0 Å². The first-order valence-corrected chi connectivity index (χ1v) is 6.88. The summed E-state index contributed by atoms with van der Waals surface area (Å²) in [7, 11) is 1.61. The average Bonchev–Trinajstić information content (AvgIpc) is 2.92. The molecule has 0 fully saturated rings. The maximum atomic E-state index is 5.10. The van der Waals surface area contributed by atoms with Gasteiger partial charge < -0.3 is 10.1 Å². The van der Waals surface area contributed by atoms with Crippen LogP contribution < -0.4 is 10.1 Å². The Morgan fingerprint density at radius 1 is 1.44 bits per heavy atom. The number of nitrogens with zero attached hydrogens (tertiary/aromatic N) is 2. The summed E-state index contributed by atoms with van der Waals surface area (Å²) < 4.78 is 5.10. The van der Waals surface area contributed by atoms with E-state index in [1.165, 1.54) is 4.88 Å². The van der Waals surface area contributed by atoms with Crippen LogP contribution in [-0.4, -0.2) is 17.1 Å². The first-order valence-electron chi connectivity index (χ1n) is 6.00. The number of hydrogen-bond donors (Lipinski definition) is 1. The van der Waals surface area contributed by atoms with Gasteiger partial charge in [-0.05, 0) is 17.9 Å². The van der Waals surface area contributed by atoms with E-state index in [9.17, 15) is 0 Å². The molecule has 4 nitrogen and oxygen atoms in total. The molecule has 1 unspecified atom stereocenters. The van der Waals surface area contributed by atoms with Gasteiger partial charge in [0.15, 0.2) is 0 Å². The highest BCUT2D eigenvalue weighted by Crippen LogP contribution is 2.26. The van der Waals surface area contributed by atoms with E-state index in [-0.39, 0.29) is 6.04 Å². The third-order valence-electron chi connectivity index (χ3n) is 2.61. The van der Waals surface area contributed by atoms with Gasteiger partial charge in [-0.15, -0.1) is 11.3 Å². The Labute approximate surface area is 111 Å². The van der Waals surface area contributed by atoms with Crippen LogP contribution in [0.3, 0.4) is 0 Å². The molecule has 96 valence electrons. The fraction of sp³-hybridized carbons (Fsp3) is 0.385. The number of nitrogens with one attached hydrogen (secondary N) is 1. The standard InChI is InChI=1S/C13H17N3OS/c1-3-5-10(11-6-4-9-18-11)15-13-14-8-7-12(16-13)17-2/h4,6-10H,3,5H2,1-2H3,(H,14,15,16). The summed E-state index contributed by atoms with van der Waals surface area (Å²) in [6.07, 6.45) is 3.87. The maximum absolute atomic E-state index is 5.10. The smallest absolute Gasteiger partial charge is 0.226 e. The second-order valence-electron chi connectivity index (χ2n) is 3.92. The van der Waals surface area contributed by atoms with E-state index in [1.807, 2.05) is 0 Å². The van der Waals surface area contributed by atoms with Crippen molar-refractivity contribution in [2.75, 3.05) is 12.4 Å². The summed E-state index contributed by atoms with van der Waals surface area (Å²) in [6, 6.07) is 6.21. The van der Waals surface area contributed by atoms with Crippen molar-refractivity contribution in [1.29, 1.82) is 0 Å². The Balaban J connectivity index is 2.13. The van der Waals surface area contributed by atoms with Crippen molar-refractivity contribution in [2.45, 2.75) is 25.8 Å². The molecule has 0 saturated carbocycles. The quantitative estimate of drug-likeness (QED) is 0.866. The van der Waals surface area contributed by atoms with Crippen LogP contribution in [0.4, 0.5) is 5.95 Å². The molecule has 0 aromatic carbocycles. The van der Waals surface area contributed by atoms with Crippen molar-refractivity contribution < 1.29 is 4.74 Å². The van der Waals surface area contributed by atoms with Gasteiger partial charge in [-0.1, -0.05) is 19.4 Å². The van der Waals surface area contributed by atoms with Crippen LogP contribution in [0, 0.1) is 0 Å². The predicted octanol–water partition coefficient (Wildman–Crippen LogP) is 3.50. The van der Waals surface area contributed by atoms with Gasteiger partial charge in [0, 0.05) is 17.1 Å². The molecular weight excluding hydrogens is 246 g/mol. The number of aromatic nitrogens is 2. The lowest BCUT2D eigenvalue weighted by Crippen LogP contribution is -2.11. The Morgan fingerprint density at radius 3 is 3.00 bits per heavy atom. The molecule has 2 aromatic rings. The summed E-state index contributed by atoms with van der Waals surface area (Å²) in [4.78, 5) is 9.81. The van der Waals surface area contributed by atoms with Crippen LogP contribution in [0.25, 0.3) is 0 Å². The van der Waals surface area contributed by atoms with Gasteiger partial charge in [0.2, 0.25) is 11.8 Å². The number of thiophene rings is 1. The van der Waals surface area contributed by atoms with Crippen LogP contribution in [0.15, 0.2) is 29.8 Å². The SMILES string of the molecule is CCCC(Nc1nccc(OC)n1)c1cccs1. The summed E-state index contributed by atoms with van der Waals surface area (Å²) in [5, 5.41) is 5.45. The average molecular weight is 263 g/mol. The normalized spacial score (nSPS) is 12.1. The molecule has 0 aliphatic carbocycles. The zero-order valence-corrected chi connectivity index (χ0v) is 11.4. The largest absolute Gasteiger partial charge is 0.481 e. The third kappa shape index (κ3) is 3.20. The molecule has 0 bridgehead atoms. The van der Waals surface area contributed by atoms with E-state index in [0.717, 1.165) is 12.8 Å².